The first-order valence-electron chi connectivity index (χ1n) is 10.2. The third-order valence-electron chi connectivity index (χ3n) is 5.41. The van der Waals surface area contributed by atoms with Gasteiger partial charge in [-0.05, 0) is 48.7 Å². The fraction of sp³-hybridized carbons (Fsp3) is 0.160. The summed E-state index contributed by atoms with van der Waals surface area (Å²) in [4.78, 5) is 12.9. The summed E-state index contributed by atoms with van der Waals surface area (Å²) < 4.78 is 28.3. The standard InChI is InChI=1S/C25H23ClN2O3S/c1-17-11-12-22(21(26)13-17)27-25(29)15-28-14-24(20-9-5-6-10-23(20)28)32(30,31)16-19-8-4-3-7-18(19)2/h3-14H,15-16H2,1-2H3,(H,27,29). The van der Waals surface area contributed by atoms with E-state index in [1.165, 1.54) is 0 Å². The largest absolute Gasteiger partial charge is 0.337 e. The molecule has 1 N–H and O–H groups in total. The summed E-state index contributed by atoms with van der Waals surface area (Å²) in [6.45, 7) is 3.78. The number of carbonyl (C=O) groups excluding carboxylic acids is 1. The number of halogens is 1. The lowest BCUT2D eigenvalue weighted by Crippen LogP contribution is -2.18. The molecule has 1 heterocycles. The lowest BCUT2D eigenvalue weighted by atomic mass is 10.1. The highest BCUT2D eigenvalue weighted by atomic mass is 35.5. The van der Waals surface area contributed by atoms with Crippen molar-refractivity contribution in [1.82, 2.24) is 4.57 Å². The smallest absolute Gasteiger partial charge is 0.244 e. The van der Waals surface area contributed by atoms with Crippen LogP contribution in [0.1, 0.15) is 16.7 Å². The Labute approximate surface area is 192 Å². The molecule has 5 nitrogen and oxygen atoms in total. The number of hydrogen-bond acceptors (Lipinski definition) is 3. The number of anilines is 1. The second-order valence-corrected chi connectivity index (χ2v) is 10.2. The Morgan fingerprint density at radius 2 is 1.72 bits per heavy atom. The molecule has 0 spiro atoms. The maximum Gasteiger partial charge on any atom is 0.244 e. The van der Waals surface area contributed by atoms with Gasteiger partial charge in [0.15, 0.2) is 9.84 Å². The number of para-hydroxylation sites is 1. The van der Waals surface area contributed by atoms with Gasteiger partial charge in [-0.15, -0.1) is 0 Å². The summed E-state index contributed by atoms with van der Waals surface area (Å²) in [5.41, 5.74) is 3.88. The first-order valence-corrected chi connectivity index (χ1v) is 12.2. The molecule has 4 aromatic rings. The third kappa shape index (κ3) is 4.56. The van der Waals surface area contributed by atoms with Crippen molar-refractivity contribution in [2.75, 3.05) is 5.32 Å². The van der Waals surface area contributed by atoms with Gasteiger partial charge in [-0.2, -0.15) is 0 Å². The van der Waals surface area contributed by atoms with Crippen LogP contribution in [0.2, 0.25) is 5.02 Å². The summed E-state index contributed by atoms with van der Waals surface area (Å²) in [6.07, 6.45) is 1.55. The lowest BCUT2D eigenvalue weighted by Gasteiger charge is -2.09. The minimum atomic E-state index is -3.62. The number of aryl methyl sites for hydroxylation is 2. The van der Waals surface area contributed by atoms with Crippen molar-refractivity contribution in [3.8, 4) is 0 Å². The van der Waals surface area contributed by atoms with Crippen LogP contribution in [0.25, 0.3) is 10.9 Å². The van der Waals surface area contributed by atoms with Gasteiger partial charge in [0.25, 0.3) is 0 Å². The third-order valence-corrected chi connectivity index (χ3v) is 7.41. The van der Waals surface area contributed by atoms with E-state index >= 15 is 0 Å². The molecule has 0 bridgehead atoms. The zero-order chi connectivity index (χ0) is 22.9. The molecule has 32 heavy (non-hydrogen) atoms. The second kappa shape index (κ2) is 8.81. The molecule has 0 saturated carbocycles. The molecule has 1 aromatic heterocycles. The Bertz CT molecular complexity index is 1420. The Hall–Kier alpha value is -3.09. The van der Waals surface area contributed by atoms with Crippen LogP contribution in [-0.2, 0) is 26.9 Å². The van der Waals surface area contributed by atoms with Gasteiger partial charge in [-0.25, -0.2) is 8.42 Å². The summed E-state index contributed by atoms with van der Waals surface area (Å²) in [5, 5.41) is 3.86. The Balaban J connectivity index is 1.65. The number of carbonyl (C=O) groups is 1. The zero-order valence-corrected chi connectivity index (χ0v) is 19.4. The zero-order valence-electron chi connectivity index (χ0n) is 17.8. The molecule has 0 saturated heterocycles. The molecule has 4 rings (SSSR count). The highest BCUT2D eigenvalue weighted by molar-refractivity contribution is 7.90. The van der Waals surface area contributed by atoms with E-state index in [0.29, 0.717) is 21.6 Å². The van der Waals surface area contributed by atoms with Crippen molar-refractivity contribution in [2.45, 2.75) is 31.0 Å². The average Bonchev–Trinajstić information content (AvgIpc) is 3.11. The van der Waals surface area contributed by atoms with E-state index in [2.05, 4.69) is 5.32 Å². The van der Waals surface area contributed by atoms with E-state index in [1.807, 2.05) is 56.3 Å². The van der Waals surface area contributed by atoms with Gasteiger partial charge < -0.3 is 9.88 Å². The Kier molecular flexibility index (Phi) is 6.09. The second-order valence-electron chi connectivity index (χ2n) is 7.86. The molecular formula is C25H23ClN2O3S. The van der Waals surface area contributed by atoms with Crippen molar-refractivity contribution < 1.29 is 13.2 Å². The number of amides is 1. The number of fused-ring (bicyclic) bond motifs is 1. The SMILES string of the molecule is Cc1ccc(NC(=O)Cn2cc(S(=O)(=O)Cc3ccccc3C)c3ccccc32)c(Cl)c1. The summed E-state index contributed by atoms with van der Waals surface area (Å²) in [7, 11) is -3.62. The van der Waals surface area contributed by atoms with Crippen LogP contribution in [0.4, 0.5) is 5.69 Å². The molecule has 0 fully saturated rings. The Morgan fingerprint density at radius 1 is 1.00 bits per heavy atom. The minimum absolute atomic E-state index is 0.0371. The van der Waals surface area contributed by atoms with Crippen molar-refractivity contribution in [1.29, 1.82) is 0 Å². The fourth-order valence-electron chi connectivity index (χ4n) is 3.71. The van der Waals surface area contributed by atoms with E-state index in [4.69, 9.17) is 11.6 Å². The summed E-state index contributed by atoms with van der Waals surface area (Å²) >= 11 is 6.22. The van der Waals surface area contributed by atoms with Crippen LogP contribution in [0.3, 0.4) is 0 Å². The van der Waals surface area contributed by atoms with Gasteiger partial charge in [0.1, 0.15) is 6.54 Å². The van der Waals surface area contributed by atoms with E-state index in [9.17, 15) is 13.2 Å². The van der Waals surface area contributed by atoms with Gasteiger partial charge in [-0.1, -0.05) is 60.1 Å². The molecule has 1 amide bonds. The summed E-state index contributed by atoms with van der Waals surface area (Å²) in [6, 6.07) is 20.0. The summed E-state index contributed by atoms with van der Waals surface area (Å²) in [5.74, 6) is -0.391. The molecule has 7 heteroatoms. The molecule has 164 valence electrons. The first-order chi connectivity index (χ1) is 15.2. The van der Waals surface area contributed by atoms with Crippen molar-refractivity contribution >= 4 is 43.9 Å². The van der Waals surface area contributed by atoms with E-state index in [0.717, 1.165) is 16.7 Å². The average molecular weight is 467 g/mol. The quantitative estimate of drug-likeness (QED) is 0.406. The van der Waals surface area contributed by atoms with Crippen LogP contribution in [0, 0.1) is 13.8 Å². The highest BCUT2D eigenvalue weighted by Gasteiger charge is 2.23. The van der Waals surface area contributed by atoms with E-state index in [1.54, 1.807) is 35.0 Å². The van der Waals surface area contributed by atoms with Crippen molar-refractivity contribution in [3.05, 3.63) is 94.6 Å². The Morgan fingerprint density at radius 3 is 2.47 bits per heavy atom. The van der Waals surface area contributed by atoms with Gasteiger partial charge in [-0.3, -0.25) is 4.79 Å². The van der Waals surface area contributed by atoms with Gasteiger partial charge >= 0.3 is 0 Å². The van der Waals surface area contributed by atoms with Crippen LogP contribution < -0.4 is 5.32 Å². The number of benzene rings is 3. The van der Waals surface area contributed by atoms with E-state index in [-0.39, 0.29) is 23.1 Å². The normalized spacial score (nSPS) is 11.6. The molecule has 0 aliphatic carbocycles. The monoisotopic (exact) mass is 466 g/mol. The highest BCUT2D eigenvalue weighted by Crippen LogP contribution is 2.29. The molecular weight excluding hydrogens is 444 g/mol. The number of sulfone groups is 1. The molecule has 0 aliphatic heterocycles. The number of rotatable bonds is 6. The van der Waals surface area contributed by atoms with Crippen LogP contribution >= 0.6 is 11.6 Å². The maximum atomic E-state index is 13.3. The van der Waals surface area contributed by atoms with Crippen molar-refractivity contribution in [3.63, 3.8) is 0 Å². The number of nitrogens with zero attached hydrogens (tertiary/aromatic N) is 1. The molecule has 0 radical (unpaired) electrons. The molecule has 0 atom stereocenters. The van der Waals surface area contributed by atoms with Gasteiger partial charge in [0, 0.05) is 17.1 Å². The molecule has 0 unspecified atom stereocenters. The number of aromatic nitrogens is 1. The number of nitrogens with one attached hydrogen (secondary N) is 1. The predicted octanol–water partition coefficient (Wildman–Crippen LogP) is 5.52. The molecule has 3 aromatic carbocycles. The first kappa shape index (κ1) is 22.1. The molecule has 0 aliphatic rings. The fourth-order valence-corrected chi connectivity index (χ4v) is 5.68. The topological polar surface area (TPSA) is 68.2 Å². The van der Waals surface area contributed by atoms with Gasteiger partial charge in [0.2, 0.25) is 5.91 Å². The van der Waals surface area contributed by atoms with Gasteiger partial charge in [0.05, 0.1) is 21.4 Å². The maximum absolute atomic E-state index is 13.3. The number of hydrogen-bond donors (Lipinski definition) is 1. The minimum Gasteiger partial charge on any atom is -0.337 e. The van der Waals surface area contributed by atoms with E-state index < -0.39 is 9.84 Å². The predicted molar refractivity (Wildman–Crippen MR) is 129 cm³/mol. The van der Waals surface area contributed by atoms with Crippen LogP contribution in [0.5, 0.6) is 0 Å². The lowest BCUT2D eigenvalue weighted by molar-refractivity contribution is -0.116. The van der Waals surface area contributed by atoms with Crippen molar-refractivity contribution in [2.24, 2.45) is 0 Å². The van der Waals surface area contributed by atoms with Crippen LogP contribution in [0.15, 0.2) is 77.8 Å². The van der Waals surface area contributed by atoms with Crippen LogP contribution in [-0.4, -0.2) is 18.9 Å².